The molecule has 106 valence electrons. The minimum Gasteiger partial charge on any atom is -0.207 e. The molecule has 20 heavy (non-hydrogen) atoms. The topological polar surface area (TPSA) is 3.88 Å². The molecule has 0 saturated heterocycles. The summed E-state index contributed by atoms with van der Waals surface area (Å²) >= 11 is 0. The molecule has 1 aromatic heterocycles. The predicted molar refractivity (Wildman–Crippen MR) is 79.9 cm³/mol. The van der Waals surface area contributed by atoms with Crippen molar-refractivity contribution in [1.82, 2.24) is 0 Å². The van der Waals surface area contributed by atoms with Crippen LogP contribution < -0.4 is 3.97 Å². The highest BCUT2D eigenvalue weighted by Gasteiger charge is 2.43. The summed E-state index contributed by atoms with van der Waals surface area (Å²) in [7, 11) is -1.18. The first-order chi connectivity index (χ1) is 9.49. The van der Waals surface area contributed by atoms with Crippen molar-refractivity contribution in [2.45, 2.75) is 19.1 Å². The molecule has 3 rings (SSSR count). The van der Waals surface area contributed by atoms with Crippen molar-refractivity contribution in [1.29, 1.82) is 0 Å². The van der Waals surface area contributed by atoms with Crippen LogP contribution in [-0.4, -0.2) is 12.0 Å². The third kappa shape index (κ3) is 1.71. The van der Waals surface area contributed by atoms with Crippen LogP contribution in [0.15, 0.2) is 36.5 Å². The number of pyridine rings is 1. The summed E-state index contributed by atoms with van der Waals surface area (Å²) in [4.78, 5) is 0. The predicted octanol–water partition coefficient (Wildman–Crippen LogP) is 4.21. The van der Waals surface area contributed by atoms with Crippen LogP contribution in [0.25, 0.3) is 11.3 Å². The molecule has 4 heteroatoms. The molecule has 0 saturated carbocycles. The van der Waals surface area contributed by atoms with Crippen LogP contribution >= 0.6 is 10.2 Å². The third-order valence-electron chi connectivity index (χ3n) is 4.40. The Balaban J connectivity index is 2.40. The van der Waals surface area contributed by atoms with Crippen LogP contribution in [0, 0.1) is 11.6 Å². The molecule has 2 heterocycles. The number of hydrogen-bond donors (Lipinski definition) is 0. The van der Waals surface area contributed by atoms with Crippen molar-refractivity contribution in [3.05, 3.63) is 53.7 Å². The third-order valence-corrected chi connectivity index (χ3v) is 8.56. The lowest BCUT2D eigenvalue weighted by Gasteiger charge is -2.40. The van der Waals surface area contributed by atoms with E-state index >= 15 is 0 Å². The summed E-state index contributed by atoms with van der Waals surface area (Å²) in [5.74, 6) is 0.0210. The summed E-state index contributed by atoms with van der Waals surface area (Å²) in [5.41, 5.74) is 2.21. The van der Waals surface area contributed by atoms with Crippen LogP contribution in [0.5, 0.6) is 0 Å². The number of fused-ring (bicyclic) bond motifs is 3. The van der Waals surface area contributed by atoms with Crippen LogP contribution in [0.4, 0.5) is 8.78 Å². The molecule has 1 aromatic carbocycles. The lowest BCUT2D eigenvalue weighted by atomic mass is 10.0. The van der Waals surface area contributed by atoms with E-state index in [-0.39, 0.29) is 5.25 Å². The molecule has 0 aliphatic carbocycles. The fraction of sp³-hybridized carbons (Fsp3) is 0.312. The maximum atomic E-state index is 14.3. The van der Waals surface area contributed by atoms with Gasteiger partial charge in [-0.2, -0.15) is 3.97 Å². The second kappa shape index (κ2) is 4.55. The Bertz CT molecular complexity index is 686. The Morgan fingerprint density at radius 2 is 2.00 bits per heavy atom. The van der Waals surface area contributed by atoms with Gasteiger partial charge in [0.15, 0.2) is 6.20 Å². The zero-order valence-corrected chi connectivity index (χ0v) is 12.7. The number of hydrogen-bond acceptors (Lipinski definition) is 0. The van der Waals surface area contributed by atoms with Gasteiger partial charge in [-0.3, -0.25) is 0 Å². The lowest BCUT2D eigenvalue weighted by molar-refractivity contribution is -0.494. The standard InChI is InChI=1S/C16H18F2NS/c1-4-20(3)11(2)13-9-12(17)10-14(18)16(13)15-7-5-6-8-19(15)20/h5-11H,4H2,1-3H3/q+1. The molecule has 0 N–H and O–H groups in total. The van der Waals surface area contributed by atoms with E-state index in [0.29, 0.717) is 5.56 Å². The Morgan fingerprint density at radius 1 is 1.25 bits per heavy atom. The highest BCUT2D eigenvalue weighted by Crippen LogP contribution is 2.58. The number of halogens is 2. The SMILES string of the molecule is CCS1(C)C(C)c2cc(F)cc(F)c2-c2cccc[n+]21. The van der Waals surface area contributed by atoms with E-state index in [2.05, 4.69) is 24.1 Å². The van der Waals surface area contributed by atoms with Crippen molar-refractivity contribution in [2.75, 3.05) is 12.0 Å². The normalized spacial score (nSPS) is 27.4. The van der Waals surface area contributed by atoms with Crippen molar-refractivity contribution < 1.29 is 12.8 Å². The molecular weight excluding hydrogens is 276 g/mol. The summed E-state index contributed by atoms with van der Waals surface area (Å²) in [5, 5.41) is 0.132. The quantitative estimate of drug-likeness (QED) is 0.694. The highest BCUT2D eigenvalue weighted by atomic mass is 32.3. The van der Waals surface area contributed by atoms with Gasteiger partial charge in [0.25, 0.3) is 0 Å². The molecule has 0 amide bonds. The van der Waals surface area contributed by atoms with Gasteiger partial charge in [0.05, 0.1) is 10.8 Å². The number of nitrogens with zero attached hydrogens (tertiary/aromatic N) is 1. The molecule has 0 bridgehead atoms. The van der Waals surface area contributed by atoms with Crippen LogP contribution in [0.3, 0.4) is 0 Å². The average Bonchev–Trinajstić information content (AvgIpc) is 2.44. The van der Waals surface area contributed by atoms with E-state index < -0.39 is 21.8 Å². The average molecular weight is 294 g/mol. The zero-order chi connectivity index (χ0) is 14.5. The first-order valence-corrected chi connectivity index (χ1v) is 8.97. The monoisotopic (exact) mass is 294 g/mol. The van der Waals surface area contributed by atoms with Gasteiger partial charge in [0.1, 0.15) is 11.6 Å². The van der Waals surface area contributed by atoms with E-state index in [1.807, 2.05) is 24.4 Å². The van der Waals surface area contributed by atoms with E-state index in [9.17, 15) is 8.78 Å². The Labute approximate surface area is 119 Å². The lowest BCUT2D eigenvalue weighted by Crippen LogP contribution is -2.46. The second-order valence-electron chi connectivity index (χ2n) is 5.30. The Morgan fingerprint density at radius 3 is 2.70 bits per heavy atom. The summed E-state index contributed by atoms with van der Waals surface area (Å²) in [6, 6.07) is 8.29. The van der Waals surface area contributed by atoms with Gasteiger partial charge in [-0.15, -0.1) is 0 Å². The van der Waals surface area contributed by atoms with E-state index in [4.69, 9.17) is 0 Å². The molecule has 0 fully saturated rings. The summed E-state index contributed by atoms with van der Waals surface area (Å²) < 4.78 is 30.1. The fourth-order valence-corrected chi connectivity index (χ4v) is 5.80. The summed E-state index contributed by atoms with van der Waals surface area (Å²) in [6.07, 6.45) is 4.25. The number of rotatable bonds is 1. The summed E-state index contributed by atoms with van der Waals surface area (Å²) in [6.45, 7) is 4.23. The fourth-order valence-electron chi connectivity index (χ4n) is 3.00. The molecule has 2 aromatic rings. The van der Waals surface area contributed by atoms with Gasteiger partial charge in [-0.1, -0.05) is 6.92 Å². The number of benzene rings is 1. The van der Waals surface area contributed by atoms with Crippen LogP contribution in [0.1, 0.15) is 24.7 Å². The largest absolute Gasteiger partial charge is 0.227 e. The second-order valence-corrected chi connectivity index (χ2v) is 9.20. The smallest absolute Gasteiger partial charge is 0.207 e. The Hall–Kier alpha value is -1.42. The van der Waals surface area contributed by atoms with Gasteiger partial charge in [0.2, 0.25) is 5.69 Å². The van der Waals surface area contributed by atoms with E-state index in [1.54, 1.807) is 0 Å². The minimum atomic E-state index is -1.18. The molecule has 1 nitrogen and oxygen atoms in total. The van der Waals surface area contributed by atoms with Crippen molar-refractivity contribution in [2.24, 2.45) is 0 Å². The molecule has 2 atom stereocenters. The molecule has 1 aliphatic rings. The van der Waals surface area contributed by atoms with Crippen molar-refractivity contribution in [3.63, 3.8) is 0 Å². The maximum absolute atomic E-state index is 14.3. The molecule has 2 unspecified atom stereocenters. The maximum Gasteiger partial charge on any atom is 0.227 e. The molecular formula is C16H18F2NS+. The van der Waals surface area contributed by atoms with Crippen molar-refractivity contribution in [3.8, 4) is 11.3 Å². The van der Waals surface area contributed by atoms with Crippen LogP contribution in [0.2, 0.25) is 0 Å². The van der Waals surface area contributed by atoms with Gasteiger partial charge < -0.3 is 0 Å². The first kappa shape index (κ1) is 13.6. The first-order valence-electron chi connectivity index (χ1n) is 6.74. The Kier molecular flexibility index (Phi) is 3.09. The van der Waals surface area contributed by atoms with Gasteiger partial charge in [-0.05, 0) is 34.8 Å². The molecule has 0 radical (unpaired) electrons. The van der Waals surface area contributed by atoms with Crippen molar-refractivity contribution >= 4 is 10.2 Å². The highest BCUT2D eigenvalue weighted by molar-refractivity contribution is 8.27. The van der Waals surface area contributed by atoms with Gasteiger partial charge in [0, 0.05) is 30.2 Å². The molecule has 0 spiro atoms. The van der Waals surface area contributed by atoms with Gasteiger partial charge >= 0.3 is 0 Å². The van der Waals surface area contributed by atoms with Gasteiger partial charge in [-0.25, -0.2) is 8.78 Å². The van der Waals surface area contributed by atoms with E-state index in [1.165, 1.54) is 6.07 Å². The van der Waals surface area contributed by atoms with Crippen LogP contribution in [-0.2, 0) is 0 Å². The number of aromatic nitrogens is 1. The minimum absolute atomic E-state index is 0.132. The zero-order valence-electron chi connectivity index (χ0n) is 11.9. The van der Waals surface area contributed by atoms with E-state index in [0.717, 1.165) is 23.1 Å². The molecule has 1 aliphatic heterocycles.